The zero-order chi connectivity index (χ0) is 11.1. The summed E-state index contributed by atoms with van der Waals surface area (Å²) in [6.07, 6.45) is 6.27. The third kappa shape index (κ3) is 4.43. The summed E-state index contributed by atoms with van der Waals surface area (Å²) >= 11 is 0. The molecule has 1 heterocycles. The summed E-state index contributed by atoms with van der Waals surface area (Å²) in [6, 6.07) is 4.57. The van der Waals surface area contributed by atoms with Crippen molar-refractivity contribution in [2.24, 2.45) is 5.92 Å². The van der Waals surface area contributed by atoms with Crippen LogP contribution in [0, 0.1) is 5.92 Å². The van der Waals surface area contributed by atoms with Gasteiger partial charge in [-0.2, -0.15) is 0 Å². The van der Waals surface area contributed by atoms with Crippen molar-refractivity contribution in [3.8, 4) is 0 Å². The minimum Gasteiger partial charge on any atom is -0.310 e. The molecule has 2 heteroatoms. The first-order chi connectivity index (χ1) is 7.24. The molecule has 1 N–H and O–H groups in total. The van der Waals surface area contributed by atoms with Crippen LogP contribution in [0.5, 0.6) is 0 Å². The van der Waals surface area contributed by atoms with Crippen molar-refractivity contribution in [1.29, 1.82) is 0 Å². The van der Waals surface area contributed by atoms with Gasteiger partial charge in [0.15, 0.2) is 0 Å². The average molecular weight is 206 g/mol. The van der Waals surface area contributed by atoms with E-state index in [1.54, 1.807) is 0 Å². The Labute approximate surface area is 93.1 Å². The number of rotatable bonds is 6. The average Bonchev–Trinajstić information content (AvgIpc) is 2.27. The maximum atomic E-state index is 4.02. The van der Waals surface area contributed by atoms with E-state index in [-0.39, 0.29) is 0 Å². The summed E-state index contributed by atoms with van der Waals surface area (Å²) in [5, 5.41) is 3.56. The van der Waals surface area contributed by atoms with Crippen molar-refractivity contribution in [3.05, 3.63) is 30.1 Å². The lowest BCUT2D eigenvalue weighted by molar-refractivity contribution is 0.444. The van der Waals surface area contributed by atoms with Gasteiger partial charge in [0.05, 0.1) is 0 Å². The number of hydrogen-bond acceptors (Lipinski definition) is 2. The number of nitrogens with zero attached hydrogens (tertiary/aromatic N) is 1. The Morgan fingerprint density at radius 2 is 1.93 bits per heavy atom. The topological polar surface area (TPSA) is 24.9 Å². The fourth-order valence-corrected chi connectivity index (χ4v) is 1.74. The van der Waals surface area contributed by atoms with Crippen LogP contribution < -0.4 is 5.32 Å². The van der Waals surface area contributed by atoms with E-state index in [0.717, 1.165) is 12.5 Å². The van der Waals surface area contributed by atoms with Gasteiger partial charge in [0.1, 0.15) is 0 Å². The van der Waals surface area contributed by atoms with Crippen LogP contribution in [0.2, 0.25) is 0 Å². The Morgan fingerprint density at radius 3 is 2.53 bits per heavy atom. The molecular formula is C13H22N2. The molecule has 0 fully saturated rings. The highest BCUT2D eigenvalue weighted by Crippen LogP contribution is 2.11. The SMILES string of the molecule is CCCC(C)CN[C@@H](C)c1ccncc1. The zero-order valence-electron chi connectivity index (χ0n) is 10.0. The molecule has 0 saturated heterocycles. The second-order valence-corrected chi connectivity index (χ2v) is 4.30. The van der Waals surface area contributed by atoms with Gasteiger partial charge in [-0.3, -0.25) is 4.98 Å². The molecule has 2 atom stereocenters. The second-order valence-electron chi connectivity index (χ2n) is 4.30. The number of aromatic nitrogens is 1. The molecule has 15 heavy (non-hydrogen) atoms. The molecule has 84 valence electrons. The van der Waals surface area contributed by atoms with Crippen LogP contribution in [-0.2, 0) is 0 Å². The zero-order valence-corrected chi connectivity index (χ0v) is 10.0. The summed E-state index contributed by atoms with van der Waals surface area (Å²) in [5.74, 6) is 0.763. The Hall–Kier alpha value is -0.890. The van der Waals surface area contributed by atoms with Gasteiger partial charge >= 0.3 is 0 Å². The lowest BCUT2D eigenvalue weighted by Crippen LogP contribution is -2.24. The fourth-order valence-electron chi connectivity index (χ4n) is 1.74. The first kappa shape index (κ1) is 12.2. The first-order valence-electron chi connectivity index (χ1n) is 5.87. The van der Waals surface area contributed by atoms with E-state index in [1.807, 2.05) is 12.4 Å². The van der Waals surface area contributed by atoms with Crippen molar-refractivity contribution in [3.63, 3.8) is 0 Å². The summed E-state index contributed by atoms with van der Waals surface area (Å²) in [5.41, 5.74) is 1.31. The molecular weight excluding hydrogens is 184 g/mol. The third-order valence-corrected chi connectivity index (χ3v) is 2.76. The van der Waals surface area contributed by atoms with E-state index >= 15 is 0 Å². The van der Waals surface area contributed by atoms with E-state index in [4.69, 9.17) is 0 Å². The van der Waals surface area contributed by atoms with Crippen molar-refractivity contribution in [1.82, 2.24) is 10.3 Å². The Morgan fingerprint density at radius 1 is 1.27 bits per heavy atom. The first-order valence-corrected chi connectivity index (χ1v) is 5.87. The molecule has 2 nitrogen and oxygen atoms in total. The predicted octanol–water partition coefficient (Wildman–Crippen LogP) is 3.17. The van der Waals surface area contributed by atoms with Gasteiger partial charge in [-0.1, -0.05) is 20.3 Å². The monoisotopic (exact) mass is 206 g/mol. The van der Waals surface area contributed by atoms with E-state index in [0.29, 0.717) is 6.04 Å². The molecule has 1 rings (SSSR count). The summed E-state index contributed by atoms with van der Waals surface area (Å²) < 4.78 is 0. The van der Waals surface area contributed by atoms with Crippen LogP contribution in [0.1, 0.15) is 45.2 Å². The summed E-state index contributed by atoms with van der Waals surface area (Å²) in [4.78, 5) is 4.02. The standard InChI is InChI=1S/C13H22N2/c1-4-5-11(2)10-15-12(3)13-6-8-14-9-7-13/h6-9,11-12,15H,4-5,10H2,1-3H3/t11?,12-/m0/s1. The molecule has 1 unspecified atom stereocenters. The van der Waals surface area contributed by atoms with Crippen molar-refractivity contribution >= 4 is 0 Å². The molecule has 0 saturated carbocycles. The lowest BCUT2D eigenvalue weighted by atomic mass is 10.0. The van der Waals surface area contributed by atoms with Gasteiger partial charge in [0.25, 0.3) is 0 Å². The number of hydrogen-bond donors (Lipinski definition) is 1. The molecule has 0 aliphatic rings. The van der Waals surface area contributed by atoms with E-state index in [9.17, 15) is 0 Å². The van der Waals surface area contributed by atoms with Crippen LogP contribution in [0.25, 0.3) is 0 Å². The van der Waals surface area contributed by atoms with Crippen molar-refractivity contribution in [2.45, 2.75) is 39.7 Å². The molecule has 0 radical (unpaired) electrons. The van der Waals surface area contributed by atoms with Crippen LogP contribution in [0.3, 0.4) is 0 Å². The Bertz CT molecular complexity index is 258. The smallest absolute Gasteiger partial charge is 0.0293 e. The molecule has 1 aromatic rings. The van der Waals surface area contributed by atoms with Crippen LogP contribution in [0.4, 0.5) is 0 Å². The lowest BCUT2D eigenvalue weighted by Gasteiger charge is -2.17. The van der Waals surface area contributed by atoms with Crippen molar-refractivity contribution < 1.29 is 0 Å². The molecule has 0 amide bonds. The van der Waals surface area contributed by atoms with Gasteiger partial charge in [0, 0.05) is 18.4 Å². The van der Waals surface area contributed by atoms with Gasteiger partial charge in [-0.15, -0.1) is 0 Å². The third-order valence-electron chi connectivity index (χ3n) is 2.76. The Kier molecular flexibility index (Phi) is 5.33. The van der Waals surface area contributed by atoms with Crippen LogP contribution in [-0.4, -0.2) is 11.5 Å². The quantitative estimate of drug-likeness (QED) is 0.773. The van der Waals surface area contributed by atoms with Crippen LogP contribution in [0.15, 0.2) is 24.5 Å². The number of nitrogens with one attached hydrogen (secondary N) is 1. The Balaban J connectivity index is 2.33. The van der Waals surface area contributed by atoms with E-state index in [2.05, 4.69) is 43.2 Å². The largest absolute Gasteiger partial charge is 0.310 e. The maximum Gasteiger partial charge on any atom is 0.0293 e. The summed E-state index contributed by atoms with van der Waals surface area (Å²) in [7, 11) is 0. The van der Waals surface area contributed by atoms with Crippen molar-refractivity contribution in [2.75, 3.05) is 6.54 Å². The summed E-state index contributed by atoms with van der Waals surface area (Å²) in [6.45, 7) is 7.84. The molecule has 0 aromatic carbocycles. The maximum absolute atomic E-state index is 4.02. The van der Waals surface area contributed by atoms with Gasteiger partial charge in [-0.05, 0) is 43.5 Å². The normalized spacial score (nSPS) is 14.9. The van der Waals surface area contributed by atoms with E-state index in [1.165, 1.54) is 18.4 Å². The minimum absolute atomic E-state index is 0.423. The highest BCUT2D eigenvalue weighted by molar-refractivity contribution is 5.13. The second kappa shape index (κ2) is 6.57. The highest BCUT2D eigenvalue weighted by atomic mass is 14.9. The predicted molar refractivity (Wildman–Crippen MR) is 64.7 cm³/mol. The molecule has 0 bridgehead atoms. The highest BCUT2D eigenvalue weighted by Gasteiger charge is 2.06. The van der Waals surface area contributed by atoms with E-state index < -0.39 is 0 Å². The fraction of sp³-hybridized carbons (Fsp3) is 0.615. The minimum atomic E-state index is 0.423. The van der Waals surface area contributed by atoms with Gasteiger partial charge in [-0.25, -0.2) is 0 Å². The number of pyridine rings is 1. The van der Waals surface area contributed by atoms with Gasteiger partial charge < -0.3 is 5.32 Å². The molecule has 0 aliphatic heterocycles. The van der Waals surface area contributed by atoms with Crippen LogP contribution >= 0.6 is 0 Å². The molecule has 0 aliphatic carbocycles. The molecule has 0 spiro atoms. The molecule has 1 aromatic heterocycles. The van der Waals surface area contributed by atoms with Gasteiger partial charge in [0.2, 0.25) is 0 Å².